The number of amides is 1. The number of rotatable bonds is 2. The van der Waals surface area contributed by atoms with Gasteiger partial charge in [0.15, 0.2) is 0 Å². The van der Waals surface area contributed by atoms with E-state index in [2.05, 4.69) is 5.32 Å². The molecule has 4 nitrogen and oxygen atoms in total. The maximum atomic E-state index is 11.4. The van der Waals surface area contributed by atoms with Crippen molar-refractivity contribution >= 4 is 5.91 Å². The molecular weight excluding hydrogens is 216 g/mol. The minimum atomic E-state index is -0.0452. The Morgan fingerprint density at radius 1 is 1.47 bits per heavy atom. The van der Waals surface area contributed by atoms with E-state index in [1.54, 1.807) is 7.11 Å². The van der Waals surface area contributed by atoms with Gasteiger partial charge in [-0.1, -0.05) is 12.1 Å². The first-order chi connectivity index (χ1) is 8.10. The fraction of sp³-hybridized carbons (Fsp3) is 0.462. The van der Waals surface area contributed by atoms with E-state index in [1.165, 1.54) is 0 Å². The highest BCUT2D eigenvalue weighted by atomic mass is 16.5. The van der Waals surface area contributed by atoms with Crippen LogP contribution in [-0.2, 0) is 4.79 Å². The van der Waals surface area contributed by atoms with Crippen LogP contribution in [-0.4, -0.2) is 19.1 Å². The molecule has 1 fully saturated rings. The molecule has 0 aliphatic carbocycles. The summed E-state index contributed by atoms with van der Waals surface area (Å²) in [5.74, 6) is 0.891. The Bertz CT molecular complexity index is 431. The Morgan fingerprint density at radius 3 is 2.82 bits per heavy atom. The summed E-state index contributed by atoms with van der Waals surface area (Å²) in [5, 5.41) is 2.97. The normalized spacial score (nSPS) is 24.3. The average Bonchev–Trinajstić information content (AvgIpc) is 2.27. The van der Waals surface area contributed by atoms with Crippen LogP contribution in [0.15, 0.2) is 18.2 Å². The van der Waals surface area contributed by atoms with Crippen molar-refractivity contribution < 1.29 is 9.53 Å². The number of piperidine rings is 1. The lowest BCUT2D eigenvalue weighted by Crippen LogP contribution is -2.42. The zero-order valence-electron chi connectivity index (χ0n) is 10.2. The maximum absolute atomic E-state index is 11.4. The third kappa shape index (κ3) is 2.58. The van der Waals surface area contributed by atoms with Gasteiger partial charge in [0.1, 0.15) is 5.75 Å². The average molecular weight is 234 g/mol. The van der Waals surface area contributed by atoms with Crippen LogP contribution < -0.4 is 15.8 Å². The van der Waals surface area contributed by atoms with Crippen LogP contribution in [0.3, 0.4) is 0 Å². The molecule has 1 aliphatic heterocycles. The molecule has 1 aromatic rings. The molecule has 2 rings (SSSR count). The number of carbonyl (C=O) groups is 1. The van der Waals surface area contributed by atoms with Gasteiger partial charge in [0, 0.05) is 12.5 Å². The molecule has 1 saturated heterocycles. The van der Waals surface area contributed by atoms with E-state index in [9.17, 15) is 4.79 Å². The molecule has 0 radical (unpaired) electrons. The second-order valence-electron chi connectivity index (χ2n) is 4.55. The Labute approximate surface area is 101 Å². The Morgan fingerprint density at radius 2 is 2.24 bits per heavy atom. The number of carbonyl (C=O) groups excluding carboxylic acids is 1. The fourth-order valence-corrected chi connectivity index (χ4v) is 2.27. The highest BCUT2D eigenvalue weighted by Gasteiger charge is 2.25. The van der Waals surface area contributed by atoms with Crippen molar-refractivity contribution in [2.24, 2.45) is 5.73 Å². The molecule has 1 aromatic carbocycles. The lowest BCUT2D eigenvalue weighted by Gasteiger charge is -2.28. The summed E-state index contributed by atoms with van der Waals surface area (Å²) in [6.07, 6.45) is 1.21. The van der Waals surface area contributed by atoms with Gasteiger partial charge < -0.3 is 15.8 Å². The molecule has 17 heavy (non-hydrogen) atoms. The minimum Gasteiger partial charge on any atom is -0.496 e. The number of aryl methyl sites for hydroxylation is 1. The van der Waals surface area contributed by atoms with E-state index >= 15 is 0 Å². The zero-order valence-corrected chi connectivity index (χ0v) is 10.2. The molecule has 0 saturated carbocycles. The monoisotopic (exact) mass is 234 g/mol. The summed E-state index contributed by atoms with van der Waals surface area (Å²) < 4.78 is 5.22. The van der Waals surface area contributed by atoms with Gasteiger partial charge in [-0.2, -0.15) is 0 Å². The third-order valence-electron chi connectivity index (χ3n) is 3.14. The summed E-state index contributed by atoms with van der Waals surface area (Å²) in [4.78, 5) is 11.4. The molecule has 1 aliphatic rings. The summed E-state index contributed by atoms with van der Waals surface area (Å²) in [5.41, 5.74) is 8.02. The quantitative estimate of drug-likeness (QED) is 0.810. The Kier molecular flexibility index (Phi) is 3.33. The lowest BCUT2D eigenvalue weighted by molar-refractivity contribution is -0.123. The lowest BCUT2D eigenvalue weighted by atomic mass is 9.93. The molecular formula is C13H18N2O2. The molecule has 0 bridgehead atoms. The van der Waals surface area contributed by atoms with Crippen molar-refractivity contribution in [2.45, 2.75) is 31.8 Å². The van der Waals surface area contributed by atoms with Crippen molar-refractivity contribution in [3.05, 3.63) is 29.3 Å². The summed E-state index contributed by atoms with van der Waals surface area (Å²) in [6, 6.07) is 5.93. The van der Waals surface area contributed by atoms with E-state index < -0.39 is 0 Å². The zero-order chi connectivity index (χ0) is 12.4. The number of nitrogens with one attached hydrogen (secondary N) is 1. The fourth-order valence-electron chi connectivity index (χ4n) is 2.27. The van der Waals surface area contributed by atoms with Crippen molar-refractivity contribution in [2.75, 3.05) is 7.11 Å². The van der Waals surface area contributed by atoms with E-state index in [-0.39, 0.29) is 18.0 Å². The first kappa shape index (κ1) is 11.9. The number of hydrogen-bond donors (Lipinski definition) is 2. The van der Waals surface area contributed by atoms with Crippen molar-refractivity contribution in [3.63, 3.8) is 0 Å². The van der Waals surface area contributed by atoms with E-state index in [4.69, 9.17) is 10.5 Å². The highest BCUT2D eigenvalue weighted by molar-refractivity contribution is 5.78. The number of nitrogens with two attached hydrogens (primary N) is 1. The largest absolute Gasteiger partial charge is 0.496 e. The summed E-state index contributed by atoms with van der Waals surface area (Å²) >= 11 is 0. The van der Waals surface area contributed by atoms with Gasteiger partial charge >= 0.3 is 0 Å². The molecule has 0 spiro atoms. The molecule has 1 amide bonds. The maximum Gasteiger partial charge on any atom is 0.222 e. The predicted molar refractivity (Wildman–Crippen MR) is 65.8 cm³/mol. The van der Waals surface area contributed by atoms with Crippen LogP contribution in [0.25, 0.3) is 0 Å². The van der Waals surface area contributed by atoms with Crippen molar-refractivity contribution in [1.29, 1.82) is 0 Å². The Balaban J connectivity index is 2.22. The second-order valence-corrected chi connectivity index (χ2v) is 4.55. The number of hydrogen-bond acceptors (Lipinski definition) is 3. The predicted octanol–water partition coefficient (Wildman–Crippen LogP) is 1.28. The number of benzene rings is 1. The molecule has 4 heteroatoms. The van der Waals surface area contributed by atoms with Gasteiger partial charge in [-0.05, 0) is 30.5 Å². The van der Waals surface area contributed by atoms with E-state index in [1.807, 2.05) is 25.1 Å². The Hall–Kier alpha value is -1.55. The molecule has 2 atom stereocenters. The summed E-state index contributed by atoms with van der Waals surface area (Å²) in [7, 11) is 1.65. The van der Waals surface area contributed by atoms with Gasteiger partial charge in [-0.25, -0.2) is 0 Å². The van der Waals surface area contributed by atoms with Crippen LogP contribution >= 0.6 is 0 Å². The SMILES string of the molecule is COc1ccc(C2CC(N)CC(=O)N2)cc1C. The van der Waals surface area contributed by atoms with Gasteiger partial charge in [-0.3, -0.25) is 4.79 Å². The molecule has 0 aromatic heterocycles. The van der Waals surface area contributed by atoms with E-state index in [0.29, 0.717) is 6.42 Å². The van der Waals surface area contributed by atoms with Crippen LogP contribution in [0.4, 0.5) is 0 Å². The molecule has 3 N–H and O–H groups in total. The first-order valence-electron chi connectivity index (χ1n) is 5.79. The molecule has 92 valence electrons. The standard InChI is InChI=1S/C13H18N2O2/c1-8-5-9(3-4-12(8)17-2)11-6-10(14)7-13(16)15-11/h3-5,10-11H,6-7,14H2,1-2H3,(H,15,16). The molecule has 2 unspecified atom stereocenters. The van der Waals surface area contributed by atoms with Gasteiger partial charge in [0.05, 0.1) is 13.2 Å². The van der Waals surface area contributed by atoms with Crippen molar-refractivity contribution in [1.82, 2.24) is 5.32 Å². The molecule has 1 heterocycles. The van der Waals surface area contributed by atoms with Gasteiger partial charge in [-0.15, -0.1) is 0 Å². The number of ether oxygens (including phenoxy) is 1. The van der Waals surface area contributed by atoms with Crippen LogP contribution in [0, 0.1) is 6.92 Å². The van der Waals surface area contributed by atoms with Crippen LogP contribution in [0.1, 0.15) is 30.0 Å². The van der Waals surface area contributed by atoms with E-state index in [0.717, 1.165) is 23.3 Å². The summed E-state index contributed by atoms with van der Waals surface area (Å²) in [6.45, 7) is 1.99. The first-order valence-corrected chi connectivity index (χ1v) is 5.79. The van der Waals surface area contributed by atoms with Crippen molar-refractivity contribution in [3.8, 4) is 5.75 Å². The van der Waals surface area contributed by atoms with Gasteiger partial charge in [0.2, 0.25) is 5.91 Å². The second kappa shape index (κ2) is 4.75. The smallest absolute Gasteiger partial charge is 0.222 e. The highest BCUT2D eigenvalue weighted by Crippen LogP contribution is 2.27. The third-order valence-corrected chi connectivity index (χ3v) is 3.14. The topological polar surface area (TPSA) is 64.3 Å². The minimum absolute atomic E-state index is 0.0239. The van der Waals surface area contributed by atoms with Crippen LogP contribution in [0.2, 0.25) is 0 Å². The van der Waals surface area contributed by atoms with Gasteiger partial charge in [0.25, 0.3) is 0 Å². The van der Waals surface area contributed by atoms with Crippen LogP contribution in [0.5, 0.6) is 5.75 Å². The number of methoxy groups -OCH3 is 1.